The van der Waals surface area contributed by atoms with Gasteiger partial charge in [-0.2, -0.15) is 5.26 Å². The number of nitriles is 1. The van der Waals surface area contributed by atoms with Crippen LogP contribution < -0.4 is 0 Å². The van der Waals surface area contributed by atoms with Crippen molar-refractivity contribution in [1.29, 1.82) is 5.26 Å². The molecule has 2 fully saturated rings. The topological polar surface area (TPSA) is 88.8 Å². The number of esters is 1. The quantitative estimate of drug-likeness (QED) is 0.603. The molecule has 2 aliphatic heterocycles. The normalized spacial score (nSPS) is 35.4. The molecule has 6 heteroatoms. The smallest absolute Gasteiger partial charge is 0.330 e. The van der Waals surface area contributed by atoms with E-state index in [9.17, 15) is 9.90 Å². The largest absolute Gasteiger partial charge is 0.466 e. The Morgan fingerprint density at radius 3 is 3.05 bits per heavy atom. The van der Waals surface area contributed by atoms with E-state index in [4.69, 9.17) is 14.7 Å². The third-order valence-electron chi connectivity index (χ3n) is 4.12. The molecule has 6 nitrogen and oxygen atoms in total. The number of aliphatic hydroxyl groups excluding tert-OH is 1. The number of nitrogens with zero attached hydrogens (tertiary/aromatic N) is 1. The first kappa shape index (κ1) is 16.0. The lowest BCUT2D eigenvalue weighted by Gasteiger charge is -2.40. The van der Waals surface area contributed by atoms with Gasteiger partial charge in [0, 0.05) is 18.9 Å². The number of carbonyl (C=O) groups is 1. The Morgan fingerprint density at radius 2 is 2.38 bits per heavy atom. The maximum Gasteiger partial charge on any atom is 0.330 e. The van der Waals surface area contributed by atoms with E-state index >= 15 is 0 Å². The van der Waals surface area contributed by atoms with Crippen molar-refractivity contribution in [3.8, 4) is 6.07 Å². The van der Waals surface area contributed by atoms with Gasteiger partial charge >= 0.3 is 5.97 Å². The molecular weight excluding hydrogens is 274 g/mol. The molecule has 0 aromatic carbocycles. The van der Waals surface area contributed by atoms with Crippen LogP contribution in [0.5, 0.6) is 0 Å². The zero-order valence-corrected chi connectivity index (χ0v) is 12.2. The Balaban J connectivity index is 2.00. The number of fused-ring (bicyclic) bond motifs is 1. The van der Waals surface area contributed by atoms with Crippen molar-refractivity contribution in [1.82, 2.24) is 0 Å². The number of methoxy groups -OCH3 is 1. The SMILES string of the molecule is COC(=O)/C=C/[C@H]1CC2(CO)O[C@@H](CCC#N)CCC2O1. The maximum absolute atomic E-state index is 11.1. The number of hydrogen-bond donors (Lipinski definition) is 1. The maximum atomic E-state index is 11.1. The van der Waals surface area contributed by atoms with Crippen LogP contribution >= 0.6 is 0 Å². The molecule has 2 heterocycles. The predicted molar refractivity (Wildman–Crippen MR) is 73.2 cm³/mol. The molecular formula is C15H21NO5. The van der Waals surface area contributed by atoms with Crippen LogP contribution in [-0.4, -0.2) is 48.7 Å². The van der Waals surface area contributed by atoms with Crippen molar-refractivity contribution in [3.63, 3.8) is 0 Å². The van der Waals surface area contributed by atoms with E-state index in [-0.39, 0.29) is 24.9 Å². The van der Waals surface area contributed by atoms with Crippen LogP contribution in [0.2, 0.25) is 0 Å². The van der Waals surface area contributed by atoms with Crippen molar-refractivity contribution in [3.05, 3.63) is 12.2 Å². The summed E-state index contributed by atoms with van der Waals surface area (Å²) in [5.41, 5.74) is -0.719. The summed E-state index contributed by atoms with van der Waals surface area (Å²) in [7, 11) is 1.32. The molecule has 4 atom stereocenters. The third-order valence-corrected chi connectivity index (χ3v) is 4.12. The fourth-order valence-electron chi connectivity index (χ4n) is 3.04. The first-order valence-corrected chi connectivity index (χ1v) is 7.21. The van der Waals surface area contributed by atoms with Gasteiger partial charge in [0.05, 0.1) is 38.1 Å². The van der Waals surface area contributed by atoms with Crippen molar-refractivity contribution in [2.24, 2.45) is 0 Å². The molecule has 1 N–H and O–H groups in total. The molecule has 0 aromatic heterocycles. The van der Waals surface area contributed by atoms with E-state index in [1.54, 1.807) is 6.08 Å². The first-order valence-electron chi connectivity index (χ1n) is 7.21. The summed E-state index contributed by atoms with van der Waals surface area (Å²) in [5, 5.41) is 18.4. The Morgan fingerprint density at radius 1 is 1.57 bits per heavy atom. The molecule has 2 unspecified atom stereocenters. The lowest BCUT2D eigenvalue weighted by molar-refractivity contribution is -0.182. The molecule has 0 radical (unpaired) electrons. The van der Waals surface area contributed by atoms with E-state index in [0.29, 0.717) is 19.3 Å². The summed E-state index contributed by atoms with van der Waals surface area (Å²) >= 11 is 0. The van der Waals surface area contributed by atoms with Crippen LogP contribution in [0, 0.1) is 11.3 Å². The lowest BCUT2D eigenvalue weighted by Crippen LogP contribution is -2.51. The van der Waals surface area contributed by atoms with Gasteiger partial charge in [-0.1, -0.05) is 0 Å². The summed E-state index contributed by atoms with van der Waals surface area (Å²) in [6, 6.07) is 2.12. The highest BCUT2D eigenvalue weighted by molar-refractivity contribution is 5.81. The monoisotopic (exact) mass is 295 g/mol. The van der Waals surface area contributed by atoms with Crippen LogP contribution in [0.25, 0.3) is 0 Å². The summed E-state index contributed by atoms with van der Waals surface area (Å²) in [6.07, 6.45) is 5.77. The Bertz CT molecular complexity index is 444. The molecule has 2 rings (SSSR count). The van der Waals surface area contributed by atoms with Crippen molar-refractivity contribution >= 4 is 5.97 Å². The van der Waals surface area contributed by atoms with Gasteiger partial charge in [-0.25, -0.2) is 4.79 Å². The van der Waals surface area contributed by atoms with Crippen molar-refractivity contribution < 1.29 is 24.1 Å². The van der Waals surface area contributed by atoms with Crippen molar-refractivity contribution in [2.75, 3.05) is 13.7 Å². The lowest BCUT2D eigenvalue weighted by atomic mass is 9.86. The minimum atomic E-state index is -0.719. The fraction of sp³-hybridized carbons (Fsp3) is 0.733. The average Bonchev–Trinajstić information content (AvgIpc) is 2.88. The fourth-order valence-corrected chi connectivity index (χ4v) is 3.04. The third kappa shape index (κ3) is 3.62. The molecule has 0 spiro atoms. The highest BCUT2D eigenvalue weighted by atomic mass is 16.6. The zero-order chi connectivity index (χ0) is 15.3. The van der Waals surface area contributed by atoms with Gasteiger partial charge in [-0.3, -0.25) is 0 Å². The summed E-state index contributed by atoms with van der Waals surface area (Å²) in [4.78, 5) is 11.1. The number of aliphatic hydroxyl groups is 1. The molecule has 0 amide bonds. The van der Waals surface area contributed by atoms with Gasteiger partial charge in [-0.05, 0) is 25.3 Å². The molecule has 0 aliphatic carbocycles. The van der Waals surface area contributed by atoms with E-state index in [1.807, 2.05) is 0 Å². The Hall–Kier alpha value is -1.42. The van der Waals surface area contributed by atoms with Gasteiger partial charge in [0.25, 0.3) is 0 Å². The molecule has 21 heavy (non-hydrogen) atoms. The van der Waals surface area contributed by atoms with Crippen LogP contribution in [0.1, 0.15) is 32.1 Å². The van der Waals surface area contributed by atoms with Crippen LogP contribution in [-0.2, 0) is 19.0 Å². The van der Waals surface area contributed by atoms with Crippen LogP contribution in [0.4, 0.5) is 0 Å². The molecule has 2 aliphatic rings. The molecule has 0 aromatic rings. The Kier molecular flexibility index (Phi) is 5.34. The van der Waals surface area contributed by atoms with Gasteiger partial charge in [0.2, 0.25) is 0 Å². The molecule has 116 valence electrons. The van der Waals surface area contributed by atoms with Crippen LogP contribution in [0.15, 0.2) is 12.2 Å². The molecule has 0 bridgehead atoms. The van der Waals surface area contributed by atoms with Crippen molar-refractivity contribution in [2.45, 2.75) is 56.0 Å². The second-order valence-electron chi connectivity index (χ2n) is 5.49. The van der Waals surface area contributed by atoms with Gasteiger partial charge in [-0.15, -0.1) is 0 Å². The summed E-state index contributed by atoms with van der Waals surface area (Å²) in [5.74, 6) is -0.431. The molecule has 2 saturated heterocycles. The predicted octanol–water partition coefficient (Wildman–Crippen LogP) is 1.09. The summed E-state index contributed by atoms with van der Waals surface area (Å²) < 4.78 is 16.4. The van der Waals surface area contributed by atoms with E-state index < -0.39 is 11.6 Å². The standard InChI is InChI=1S/C15H21NO5/c1-19-14(18)7-5-12-9-15(10-17)13(20-12)6-4-11(21-15)3-2-8-16/h5,7,11-13,17H,2-4,6,9-10H2,1H3/b7-5+/t11-,12-,13?,15?/m0/s1. The highest BCUT2D eigenvalue weighted by Crippen LogP contribution is 2.42. The van der Waals surface area contributed by atoms with Crippen LogP contribution in [0.3, 0.4) is 0 Å². The second kappa shape index (κ2) is 7.03. The summed E-state index contributed by atoms with van der Waals surface area (Å²) in [6.45, 7) is -0.122. The first-order chi connectivity index (χ1) is 10.1. The van der Waals surface area contributed by atoms with Gasteiger partial charge < -0.3 is 19.3 Å². The van der Waals surface area contributed by atoms with Gasteiger partial charge in [0.1, 0.15) is 5.60 Å². The van der Waals surface area contributed by atoms with E-state index in [2.05, 4.69) is 10.8 Å². The molecule has 0 saturated carbocycles. The number of carbonyl (C=O) groups excluding carboxylic acids is 1. The zero-order valence-electron chi connectivity index (χ0n) is 12.2. The van der Waals surface area contributed by atoms with E-state index in [0.717, 1.165) is 12.8 Å². The average molecular weight is 295 g/mol. The minimum Gasteiger partial charge on any atom is -0.466 e. The Labute approximate surface area is 124 Å². The van der Waals surface area contributed by atoms with Gasteiger partial charge in [0.15, 0.2) is 0 Å². The minimum absolute atomic E-state index is 0.0139. The number of hydrogen-bond acceptors (Lipinski definition) is 6. The van der Waals surface area contributed by atoms with E-state index in [1.165, 1.54) is 13.2 Å². The number of rotatable bonds is 5. The number of ether oxygens (including phenoxy) is 3. The second-order valence-corrected chi connectivity index (χ2v) is 5.49. The highest BCUT2D eigenvalue weighted by Gasteiger charge is 2.52.